The van der Waals surface area contributed by atoms with E-state index in [0.717, 1.165) is 0 Å². The number of hydrogen-bond acceptors (Lipinski definition) is 0. The van der Waals surface area contributed by atoms with Crippen molar-refractivity contribution < 1.29 is 0 Å². The lowest BCUT2D eigenvalue weighted by atomic mass is 9.85. The first-order valence-electron chi connectivity index (χ1n) is 5.90. The van der Waals surface area contributed by atoms with E-state index in [0.29, 0.717) is 5.92 Å². The highest BCUT2D eigenvalue weighted by molar-refractivity contribution is 5.70. The van der Waals surface area contributed by atoms with E-state index in [9.17, 15) is 0 Å². The fourth-order valence-corrected chi connectivity index (χ4v) is 2.40. The number of hydrogen-bond donors (Lipinski definition) is 0. The number of allylic oxidation sites excluding steroid dienone is 2. The number of benzene rings is 1. The molecule has 0 nitrogen and oxygen atoms in total. The quantitative estimate of drug-likeness (QED) is 0.627. The fourth-order valence-electron chi connectivity index (χ4n) is 2.40. The first-order chi connectivity index (χ1) is 7.09. The lowest BCUT2D eigenvalue weighted by Gasteiger charge is -2.20. The smallest absolute Gasteiger partial charge is 0.0193 e. The first-order valence-corrected chi connectivity index (χ1v) is 5.90. The van der Waals surface area contributed by atoms with Crippen molar-refractivity contribution in [1.29, 1.82) is 0 Å². The number of rotatable bonds is 1. The molecule has 80 valence electrons. The summed E-state index contributed by atoms with van der Waals surface area (Å²) in [5, 5.41) is 0. The molecule has 0 fully saturated rings. The molecule has 15 heavy (non-hydrogen) atoms. The lowest BCUT2D eigenvalue weighted by molar-refractivity contribution is 0.856. The number of fused-ring (bicyclic) bond motifs is 1. The Labute approximate surface area is 93.0 Å². The molecule has 0 saturated carbocycles. The first kappa shape index (κ1) is 10.5. The summed E-state index contributed by atoms with van der Waals surface area (Å²) in [6, 6.07) is 4.75. The topological polar surface area (TPSA) is 0 Å². The van der Waals surface area contributed by atoms with Crippen LogP contribution in [0.3, 0.4) is 0 Å². The van der Waals surface area contributed by atoms with E-state index in [1.807, 2.05) is 0 Å². The highest BCUT2D eigenvalue weighted by Crippen LogP contribution is 2.31. The summed E-state index contributed by atoms with van der Waals surface area (Å²) in [6.07, 6.45) is 4.80. The van der Waals surface area contributed by atoms with Crippen LogP contribution in [0.1, 0.15) is 55.4 Å². The van der Waals surface area contributed by atoms with Gasteiger partial charge in [-0.1, -0.05) is 32.1 Å². The molecule has 1 aliphatic rings. The molecule has 1 aromatic carbocycles. The van der Waals surface area contributed by atoms with Crippen LogP contribution in [0.2, 0.25) is 0 Å². The van der Waals surface area contributed by atoms with E-state index in [1.165, 1.54) is 35.1 Å². The monoisotopic (exact) mass is 200 g/mol. The third-order valence-corrected chi connectivity index (χ3v) is 3.43. The van der Waals surface area contributed by atoms with Gasteiger partial charge in [-0.2, -0.15) is 0 Å². The molecule has 1 aromatic rings. The Hall–Kier alpha value is -1.04. The molecule has 0 heterocycles. The van der Waals surface area contributed by atoms with Crippen molar-refractivity contribution in [2.24, 2.45) is 0 Å². The van der Waals surface area contributed by atoms with Crippen molar-refractivity contribution in [2.75, 3.05) is 0 Å². The van der Waals surface area contributed by atoms with Crippen LogP contribution in [0.4, 0.5) is 0 Å². The molecule has 2 rings (SSSR count). The fraction of sp³-hybridized carbons (Fsp3) is 0.467. The van der Waals surface area contributed by atoms with Crippen molar-refractivity contribution >= 4 is 5.57 Å². The van der Waals surface area contributed by atoms with E-state index in [1.54, 1.807) is 5.56 Å². The Morgan fingerprint density at radius 2 is 1.87 bits per heavy atom. The molecule has 0 spiro atoms. The molecule has 0 radical (unpaired) electrons. The third-order valence-electron chi connectivity index (χ3n) is 3.43. The Bertz CT molecular complexity index is 408. The molecule has 0 unspecified atom stereocenters. The molecule has 0 amide bonds. The molecule has 1 aliphatic carbocycles. The van der Waals surface area contributed by atoms with Crippen LogP contribution in [-0.2, 0) is 6.42 Å². The molecule has 0 heteroatoms. The van der Waals surface area contributed by atoms with Gasteiger partial charge in [-0.3, -0.25) is 0 Å². The molecule has 0 saturated heterocycles. The van der Waals surface area contributed by atoms with Gasteiger partial charge in [0.2, 0.25) is 0 Å². The van der Waals surface area contributed by atoms with Crippen LogP contribution in [-0.4, -0.2) is 0 Å². The minimum Gasteiger partial charge on any atom is -0.0807 e. The summed E-state index contributed by atoms with van der Waals surface area (Å²) >= 11 is 0. The highest BCUT2D eigenvalue weighted by Gasteiger charge is 2.13. The maximum Gasteiger partial charge on any atom is -0.0193 e. The van der Waals surface area contributed by atoms with E-state index >= 15 is 0 Å². The van der Waals surface area contributed by atoms with Gasteiger partial charge in [0.15, 0.2) is 0 Å². The van der Waals surface area contributed by atoms with Crippen molar-refractivity contribution in [3.05, 3.63) is 40.5 Å². The van der Waals surface area contributed by atoms with Crippen LogP contribution in [0.15, 0.2) is 18.2 Å². The molecular formula is C15H20. The summed E-state index contributed by atoms with van der Waals surface area (Å²) in [5.74, 6) is 0.628. The summed E-state index contributed by atoms with van der Waals surface area (Å²) < 4.78 is 0. The predicted molar refractivity (Wildman–Crippen MR) is 67.2 cm³/mol. The normalized spacial score (nSPS) is 15.1. The van der Waals surface area contributed by atoms with Crippen LogP contribution >= 0.6 is 0 Å². The summed E-state index contributed by atoms with van der Waals surface area (Å²) in [7, 11) is 0. The van der Waals surface area contributed by atoms with Gasteiger partial charge in [0.05, 0.1) is 0 Å². The average molecular weight is 200 g/mol. The average Bonchev–Trinajstić information content (AvgIpc) is 2.19. The van der Waals surface area contributed by atoms with Crippen molar-refractivity contribution in [2.45, 2.75) is 46.5 Å². The van der Waals surface area contributed by atoms with Gasteiger partial charge in [0, 0.05) is 0 Å². The molecule has 0 atom stereocenters. The molecular weight excluding hydrogens is 180 g/mol. The zero-order valence-corrected chi connectivity index (χ0v) is 10.2. The molecule has 0 aromatic heterocycles. The Morgan fingerprint density at radius 1 is 1.13 bits per heavy atom. The second-order valence-corrected chi connectivity index (χ2v) is 4.94. The van der Waals surface area contributed by atoms with Crippen molar-refractivity contribution in [3.63, 3.8) is 0 Å². The minimum absolute atomic E-state index is 0.628. The van der Waals surface area contributed by atoms with E-state index in [-0.39, 0.29) is 0 Å². The Balaban J connectivity index is 2.59. The predicted octanol–water partition coefficient (Wildman–Crippen LogP) is 4.47. The summed E-state index contributed by atoms with van der Waals surface area (Å²) in [4.78, 5) is 0. The molecule has 0 aliphatic heterocycles. The summed E-state index contributed by atoms with van der Waals surface area (Å²) in [5.41, 5.74) is 7.47. The standard InChI is InChI=1S/C15H20/c1-10(2)13-8-12(4)14-7-5-6-11(3)15(14)9-13/h6,8-10H,5,7H2,1-4H3. The maximum absolute atomic E-state index is 2.39. The highest BCUT2D eigenvalue weighted by atomic mass is 14.2. The lowest BCUT2D eigenvalue weighted by Crippen LogP contribution is -2.03. The van der Waals surface area contributed by atoms with Crippen LogP contribution < -0.4 is 0 Å². The Kier molecular flexibility index (Phi) is 2.68. The van der Waals surface area contributed by atoms with Crippen LogP contribution in [0.5, 0.6) is 0 Å². The largest absolute Gasteiger partial charge is 0.0807 e. The van der Waals surface area contributed by atoms with Gasteiger partial charge < -0.3 is 0 Å². The Morgan fingerprint density at radius 3 is 2.53 bits per heavy atom. The molecule has 0 N–H and O–H groups in total. The SMILES string of the molecule is CC1=CCCc2c(C)cc(C(C)C)cc21. The van der Waals surface area contributed by atoms with E-state index in [2.05, 4.69) is 45.9 Å². The second-order valence-electron chi connectivity index (χ2n) is 4.94. The van der Waals surface area contributed by atoms with Gasteiger partial charge in [-0.25, -0.2) is 0 Å². The zero-order valence-electron chi connectivity index (χ0n) is 10.2. The number of aryl methyl sites for hydroxylation is 1. The van der Waals surface area contributed by atoms with Gasteiger partial charge >= 0.3 is 0 Å². The van der Waals surface area contributed by atoms with Crippen molar-refractivity contribution in [3.8, 4) is 0 Å². The maximum atomic E-state index is 2.39. The molecule has 0 bridgehead atoms. The van der Waals surface area contributed by atoms with E-state index < -0.39 is 0 Å². The van der Waals surface area contributed by atoms with Gasteiger partial charge in [-0.15, -0.1) is 0 Å². The van der Waals surface area contributed by atoms with Gasteiger partial charge in [-0.05, 0) is 60.4 Å². The third kappa shape index (κ3) is 1.86. The van der Waals surface area contributed by atoms with Crippen molar-refractivity contribution in [1.82, 2.24) is 0 Å². The second kappa shape index (κ2) is 3.84. The van der Waals surface area contributed by atoms with Crippen LogP contribution in [0, 0.1) is 6.92 Å². The van der Waals surface area contributed by atoms with Crippen LogP contribution in [0.25, 0.3) is 5.57 Å². The van der Waals surface area contributed by atoms with Gasteiger partial charge in [0.25, 0.3) is 0 Å². The van der Waals surface area contributed by atoms with E-state index in [4.69, 9.17) is 0 Å². The van der Waals surface area contributed by atoms with Gasteiger partial charge in [0.1, 0.15) is 0 Å². The zero-order chi connectivity index (χ0) is 11.0. The summed E-state index contributed by atoms with van der Waals surface area (Å²) in [6.45, 7) is 9.02. The minimum atomic E-state index is 0.628.